The van der Waals surface area contributed by atoms with Gasteiger partial charge >= 0.3 is 7.12 Å². The third kappa shape index (κ3) is 3.10. The van der Waals surface area contributed by atoms with Gasteiger partial charge in [-0.2, -0.15) is 0 Å². The lowest BCUT2D eigenvalue weighted by Crippen LogP contribution is -2.41. The third-order valence-electron chi connectivity index (χ3n) is 4.71. The molecule has 24 heavy (non-hydrogen) atoms. The molecule has 1 aliphatic heterocycles. The molecule has 1 N–H and O–H groups in total. The van der Waals surface area contributed by atoms with E-state index in [1.54, 1.807) is 11.3 Å². The van der Waals surface area contributed by atoms with Crippen LogP contribution in [0.2, 0.25) is 0 Å². The van der Waals surface area contributed by atoms with Gasteiger partial charge in [0.25, 0.3) is 5.91 Å². The SMILES string of the molecule is CC(C)NC(=O)c1ccc2cc(B3OC(C)(C)C(C)(C)O3)sc2c1. The molecule has 6 heteroatoms. The van der Waals surface area contributed by atoms with Gasteiger partial charge in [0.2, 0.25) is 0 Å². The van der Waals surface area contributed by atoms with E-state index in [1.165, 1.54) is 0 Å². The van der Waals surface area contributed by atoms with Crippen molar-refractivity contribution in [2.24, 2.45) is 0 Å². The van der Waals surface area contributed by atoms with Crippen molar-refractivity contribution in [1.82, 2.24) is 5.32 Å². The molecule has 1 amide bonds. The lowest BCUT2D eigenvalue weighted by molar-refractivity contribution is 0.00578. The molecule has 2 heterocycles. The van der Waals surface area contributed by atoms with Crippen molar-refractivity contribution in [3.63, 3.8) is 0 Å². The number of rotatable bonds is 3. The number of carbonyl (C=O) groups is 1. The van der Waals surface area contributed by atoms with Crippen molar-refractivity contribution in [3.05, 3.63) is 29.8 Å². The van der Waals surface area contributed by atoms with Crippen molar-refractivity contribution >= 4 is 39.2 Å². The van der Waals surface area contributed by atoms with E-state index < -0.39 is 0 Å². The van der Waals surface area contributed by atoms with E-state index in [4.69, 9.17) is 9.31 Å². The van der Waals surface area contributed by atoms with Crippen LogP contribution in [0.1, 0.15) is 51.9 Å². The lowest BCUT2D eigenvalue weighted by Gasteiger charge is -2.32. The Morgan fingerprint density at radius 2 is 1.75 bits per heavy atom. The Hall–Kier alpha value is -1.37. The fourth-order valence-corrected chi connectivity index (χ4v) is 3.68. The minimum atomic E-state index is -0.361. The Bertz CT molecular complexity index is 766. The summed E-state index contributed by atoms with van der Waals surface area (Å²) in [5.41, 5.74) is -0.0229. The molecule has 1 fully saturated rings. The standard InChI is InChI=1S/C18H24BNO3S/c1-11(2)20-16(21)13-8-7-12-10-15(24-14(12)9-13)19-22-17(3,4)18(5,6)23-19/h7-11H,1-6H3,(H,20,21). The number of hydrogen-bond acceptors (Lipinski definition) is 4. The zero-order chi connectivity index (χ0) is 17.7. The summed E-state index contributed by atoms with van der Waals surface area (Å²) in [6.07, 6.45) is 0. The van der Waals surface area contributed by atoms with Crippen LogP contribution in [0.25, 0.3) is 10.1 Å². The summed E-state index contributed by atoms with van der Waals surface area (Å²) in [5.74, 6) is -0.0440. The number of nitrogens with one attached hydrogen (secondary N) is 1. The lowest BCUT2D eigenvalue weighted by atomic mass is 9.87. The zero-order valence-electron chi connectivity index (χ0n) is 15.1. The van der Waals surface area contributed by atoms with E-state index in [0.29, 0.717) is 5.56 Å². The van der Waals surface area contributed by atoms with Crippen LogP contribution in [0.3, 0.4) is 0 Å². The van der Waals surface area contributed by atoms with Crippen molar-refractivity contribution in [2.75, 3.05) is 0 Å². The molecule has 0 atom stereocenters. The summed E-state index contributed by atoms with van der Waals surface area (Å²) in [7, 11) is -0.361. The van der Waals surface area contributed by atoms with Crippen LogP contribution in [0.4, 0.5) is 0 Å². The highest BCUT2D eigenvalue weighted by molar-refractivity contribution is 7.28. The molecule has 4 nitrogen and oxygen atoms in total. The van der Waals surface area contributed by atoms with E-state index in [9.17, 15) is 4.79 Å². The van der Waals surface area contributed by atoms with Gasteiger partial charge in [0.1, 0.15) is 0 Å². The third-order valence-corrected chi connectivity index (χ3v) is 5.83. The number of benzene rings is 1. The molecule has 128 valence electrons. The summed E-state index contributed by atoms with van der Waals surface area (Å²) in [6, 6.07) is 7.99. The smallest absolute Gasteiger partial charge is 0.399 e. The number of carbonyl (C=O) groups excluding carboxylic acids is 1. The molecule has 1 aromatic carbocycles. The van der Waals surface area contributed by atoms with Gasteiger partial charge in [-0.15, -0.1) is 11.3 Å². The average Bonchev–Trinajstić information content (AvgIpc) is 2.96. The van der Waals surface area contributed by atoms with Crippen molar-refractivity contribution in [2.45, 2.75) is 58.8 Å². The minimum absolute atomic E-state index is 0.0440. The quantitative estimate of drug-likeness (QED) is 0.868. The molecule has 0 radical (unpaired) electrons. The zero-order valence-corrected chi connectivity index (χ0v) is 15.9. The maximum absolute atomic E-state index is 12.2. The Kier molecular flexibility index (Phi) is 4.27. The molecule has 1 aliphatic rings. The summed E-state index contributed by atoms with van der Waals surface area (Å²) in [5, 5.41) is 4.03. The summed E-state index contributed by atoms with van der Waals surface area (Å²) in [4.78, 5) is 12.2. The number of hydrogen-bond donors (Lipinski definition) is 1. The Balaban J connectivity index is 1.89. The van der Waals surface area contributed by atoms with Gasteiger partial charge in [0.05, 0.1) is 11.2 Å². The monoisotopic (exact) mass is 345 g/mol. The van der Waals surface area contributed by atoms with Gasteiger partial charge in [-0.1, -0.05) is 6.07 Å². The second kappa shape index (κ2) is 5.86. The highest BCUT2D eigenvalue weighted by Gasteiger charge is 2.52. The highest BCUT2D eigenvalue weighted by atomic mass is 32.1. The van der Waals surface area contributed by atoms with Crippen LogP contribution in [-0.4, -0.2) is 30.3 Å². The van der Waals surface area contributed by atoms with Crippen molar-refractivity contribution in [1.29, 1.82) is 0 Å². The number of amides is 1. The molecule has 0 spiro atoms. The molecule has 1 saturated heterocycles. The molecule has 0 unspecified atom stereocenters. The predicted octanol–water partition coefficient (Wildman–Crippen LogP) is 3.34. The normalized spacial score (nSPS) is 19.2. The average molecular weight is 345 g/mol. The van der Waals surface area contributed by atoms with Crippen LogP contribution >= 0.6 is 11.3 Å². The van der Waals surface area contributed by atoms with Gasteiger partial charge in [0, 0.05) is 21.1 Å². The van der Waals surface area contributed by atoms with Gasteiger partial charge in [-0.3, -0.25) is 4.79 Å². The largest absolute Gasteiger partial charge is 0.505 e. The van der Waals surface area contributed by atoms with E-state index >= 15 is 0 Å². The molecule has 0 bridgehead atoms. The molecule has 2 aromatic rings. The fourth-order valence-electron chi connectivity index (χ4n) is 2.61. The topological polar surface area (TPSA) is 47.6 Å². The first-order valence-electron chi connectivity index (χ1n) is 8.29. The van der Waals surface area contributed by atoms with E-state index in [0.717, 1.165) is 14.9 Å². The predicted molar refractivity (Wildman–Crippen MR) is 100 cm³/mol. The summed E-state index contributed by atoms with van der Waals surface area (Å²) in [6.45, 7) is 12.1. The van der Waals surface area contributed by atoms with Crippen LogP contribution in [0.5, 0.6) is 0 Å². The first-order chi connectivity index (χ1) is 11.1. The fraction of sp³-hybridized carbons (Fsp3) is 0.500. The van der Waals surface area contributed by atoms with Crippen LogP contribution < -0.4 is 10.1 Å². The van der Waals surface area contributed by atoms with Crippen LogP contribution in [-0.2, 0) is 9.31 Å². The van der Waals surface area contributed by atoms with Crippen LogP contribution in [0.15, 0.2) is 24.3 Å². The first-order valence-corrected chi connectivity index (χ1v) is 9.11. The van der Waals surface area contributed by atoms with Gasteiger partial charge in [0.15, 0.2) is 0 Å². The van der Waals surface area contributed by atoms with E-state index in [-0.39, 0.29) is 30.3 Å². The minimum Gasteiger partial charge on any atom is -0.399 e. The van der Waals surface area contributed by atoms with E-state index in [2.05, 4.69) is 39.1 Å². The summed E-state index contributed by atoms with van der Waals surface area (Å²) < 4.78 is 14.3. The molecule has 0 saturated carbocycles. The number of thiophene rings is 1. The summed E-state index contributed by atoms with van der Waals surface area (Å²) >= 11 is 1.62. The molecular weight excluding hydrogens is 321 g/mol. The van der Waals surface area contributed by atoms with Gasteiger partial charge in [-0.25, -0.2) is 0 Å². The molecular formula is C18H24BNO3S. The number of fused-ring (bicyclic) bond motifs is 1. The second-order valence-electron chi connectivity index (χ2n) is 7.62. The molecule has 3 rings (SSSR count). The van der Waals surface area contributed by atoms with Gasteiger partial charge in [-0.05, 0) is 65.1 Å². The Morgan fingerprint density at radius 3 is 2.33 bits per heavy atom. The molecule has 1 aromatic heterocycles. The molecule has 0 aliphatic carbocycles. The first kappa shape index (κ1) is 17.5. The van der Waals surface area contributed by atoms with Crippen LogP contribution in [0, 0.1) is 0 Å². The maximum Gasteiger partial charge on any atom is 0.505 e. The highest BCUT2D eigenvalue weighted by Crippen LogP contribution is 2.37. The van der Waals surface area contributed by atoms with E-state index in [1.807, 2.05) is 32.0 Å². The Morgan fingerprint density at radius 1 is 1.12 bits per heavy atom. The maximum atomic E-state index is 12.2. The van der Waals surface area contributed by atoms with Crippen molar-refractivity contribution < 1.29 is 14.1 Å². The van der Waals surface area contributed by atoms with Crippen molar-refractivity contribution in [3.8, 4) is 0 Å². The Labute approximate surface area is 147 Å². The van der Waals surface area contributed by atoms with Gasteiger partial charge < -0.3 is 14.6 Å². The second-order valence-corrected chi connectivity index (χ2v) is 8.73.